The molecule has 0 bridgehead atoms. The number of nitrogens with zero attached hydrogens (tertiary/aromatic N) is 2. The van der Waals surface area contributed by atoms with E-state index in [0.29, 0.717) is 11.5 Å². The number of hydrogen-bond donors (Lipinski definition) is 2. The topological polar surface area (TPSA) is 49.8 Å². The van der Waals surface area contributed by atoms with E-state index in [2.05, 4.69) is 20.6 Å². The lowest BCUT2D eigenvalue weighted by molar-refractivity contribution is -0.137. The van der Waals surface area contributed by atoms with E-state index < -0.39 is 17.6 Å². The zero-order chi connectivity index (χ0) is 18.7. The van der Waals surface area contributed by atoms with E-state index >= 15 is 0 Å². The van der Waals surface area contributed by atoms with Gasteiger partial charge in [-0.15, -0.1) is 0 Å². The molecule has 1 heterocycles. The lowest BCUT2D eigenvalue weighted by Gasteiger charge is -2.12. The minimum absolute atomic E-state index is 0.100. The summed E-state index contributed by atoms with van der Waals surface area (Å²) in [5.41, 5.74) is 0.214. The van der Waals surface area contributed by atoms with Crippen LogP contribution in [-0.2, 0) is 6.18 Å². The van der Waals surface area contributed by atoms with Crippen molar-refractivity contribution >= 4 is 23.1 Å². The van der Waals surface area contributed by atoms with Gasteiger partial charge in [-0.25, -0.2) is 9.37 Å². The van der Waals surface area contributed by atoms with E-state index in [9.17, 15) is 17.6 Å². The molecule has 4 nitrogen and oxygen atoms in total. The van der Waals surface area contributed by atoms with E-state index in [4.69, 9.17) is 0 Å². The number of benzene rings is 2. The fourth-order valence-electron chi connectivity index (χ4n) is 2.29. The minimum atomic E-state index is -4.44. The van der Waals surface area contributed by atoms with Crippen LogP contribution in [0.2, 0.25) is 0 Å². The number of alkyl halides is 3. The smallest absolute Gasteiger partial charge is 0.338 e. The van der Waals surface area contributed by atoms with Crippen LogP contribution in [0.4, 0.5) is 40.7 Å². The Balaban J connectivity index is 1.85. The van der Waals surface area contributed by atoms with Gasteiger partial charge in [0.2, 0.25) is 5.95 Å². The first-order chi connectivity index (χ1) is 12.3. The highest BCUT2D eigenvalue weighted by molar-refractivity contribution is 5.61. The van der Waals surface area contributed by atoms with Gasteiger partial charge < -0.3 is 10.6 Å². The molecule has 1 aromatic heterocycles. The summed E-state index contributed by atoms with van der Waals surface area (Å²) in [6, 6.07) is 12.4. The molecule has 0 amide bonds. The van der Waals surface area contributed by atoms with E-state index in [-0.39, 0.29) is 17.3 Å². The van der Waals surface area contributed by atoms with Crippen LogP contribution < -0.4 is 10.6 Å². The molecule has 0 saturated carbocycles. The average Bonchev–Trinajstić information content (AvgIpc) is 2.56. The first kappa shape index (κ1) is 17.7. The second-order valence-corrected chi connectivity index (χ2v) is 5.53. The van der Waals surface area contributed by atoms with E-state index in [1.165, 1.54) is 18.2 Å². The van der Waals surface area contributed by atoms with Gasteiger partial charge in [-0.2, -0.15) is 18.2 Å². The second kappa shape index (κ2) is 6.99. The zero-order valence-corrected chi connectivity index (χ0v) is 13.6. The number of para-hydroxylation sites is 1. The molecule has 0 radical (unpaired) electrons. The Bertz CT molecular complexity index is 925. The largest absolute Gasteiger partial charge is 0.416 e. The molecule has 0 spiro atoms. The lowest BCUT2D eigenvalue weighted by Crippen LogP contribution is -2.06. The second-order valence-electron chi connectivity index (χ2n) is 5.53. The highest BCUT2D eigenvalue weighted by Gasteiger charge is 2.30. The SMILES string of the molecule is Cc1cc(Nc2ccccc2F)nc(Nc2cccc(C(F)(F)F)c2)n1. The zero-order valence-electron chi connectivity index (χ0n) is 13.6. The highest BCUT2D eigenvalue weighted by atomic mass is 19.4. The predicted octanol–water partition coefficient (Wildman–Crippen LogP) is 5.43. The molecule has 134 valence electrons. The van der Waals surface area contributed by atoms with Crippen molar-refractivity contribution < 1.29 is 17.6 Å². The van der Waals surface area contributed by atoms with Crippen molar-refractivity contribution in [1.29, 1.82) is 0 Å². The maximum atomic E-state index is 13.8. The van der Waals surface area contributed by atoms with Gasteiger partial charge >= 0.3 is 6.18 Å². The van der Waals surface area contributed by atoms with Crippen LogP contribution in [0.25, 0.3) is 0 Å². The third-order valence-electron chi connectivity index (χ3n) is 3.44. The standard InChI is InChI=1S/C18H14F4N4/c1-11-9-16(25-15-8-3-2-7-14(15)19)26-17(23-11)24-13-6-4-5-12(10-13)18(20,21)22/h2-10H,1H3,(H2,23,24,25,26). The summed E-state index contributed by atoms with van der Waals surface area (Å²) in [6.07, 6.45) is -4.44. The van der Waals surface area contributed by atoms with Crippen molar-refractivity contribution in [2.24, 2.45) is 0 Å². The molecule has 26 heavy (non-hydrogen) atoms. The molecule has 0 unspecified atom stereocenters. The molecular weight excluding hydrogens is 348 g/mol. The maximum Gasteiger partial charge on any atom is 0.416 e. The van der Waals surface area contributed by atoms with Crippen LogP contribution in [0, 0.1) is 12.7 Å². The Labute approximate surface area is 146 Å². The Morgan fingerprint density at radius 2 is 1.65 bits per heavy atom. The summed E-state index contributed by atoms with van der Waals surface area (Å²) in [4.78, 5) is 8.32. The van der Waals surface area contributed by atoms with Crippen molar-refractivity contribution in [2.75, 3.05) is 10.6 Å². The number of halogens is 4. The molecule has 8 heteroatoms. The number of hydrogen-bond acceptors (Lipinski definition) is 4. The Morgan fingerprint density at radius 3 is 2.38 bits per heavy atom. The number of anilines is 4. The van der Waals surface area contributed by atoms with Gasteiger partial charge in [0.05, 0.1) is 11.3 Å². The summed E-state index contributed by atoms with van der Waals surface area (Å²) in [5, 5.41) is 5.57. The maximum absolute atomic E-state index is 13.8. The quantitative estimate of drug-likeness (QED) is 0.608. The summed E-state index contributed by atoms with van der Waals surface area (Å²) in [7, 11) is 0. The first-order valence-corrected chi connectivity index (χ1v) is 7.63. The Hall–Kier alpha value is -3.16. The normalized spacial score (nSPS) is 11.3. The Morgan fingerprint density at radius 1 is 0.885 bits per heavy atom. The van der Waals surface area contributed by atoms with Gasteiger partial charge in [0.15, 0.2) is 0 Å². The summed E-state index contributed by atoms with van der Waals surface area (Å²) in [5.74, 6) is -0.0311. The molecule has 2 N–H and O–H groups in total. The number of rotatable bonds is 4. The fourth-order valence-corrected chi connectivity index (χ4v) is 2.29. The van der Waals surface area contributed by atoms with E-state index in [1.54, 1.807) is 31.2 Å². The molecule has 0 atom stereocenters. The van der Waals surface area contributed by atoms with Crippen LogP contribution in [0.3, 0.4) is 0 Å². The molecule has 0 saturated heterocycles. The average molecular weight is 362 g/mol. The van der Waals surface area contributed by atoms with Gasteiger partial charge in [0, 0.05) is 17.4 Å². The van der Waals surface area contributed by atoms with Crippen molar-refractivity contribution in [1.82, 2.24) is 9.97 Å². The van der Waals surface area contributed by atoms with Gasteiger partial charge in [-0.1, -0.05) is 18.2 Å². The lowest BCUT2D eigenvalue weighted by atomic mass is 10.2. The van der Waals surface area contributed by atoms with E-state index in [0.717, 1.165) is 12.1 Å². The summed E-state index contributed by atoms with van der Waals surface area (Å²) >= 11 is 0. The fraction of sp³-hybridized carbons (Fsp3) is 0.111. The highest BCUT2D eigenvalue weighted by Crippen LogP contribution is 2.31. The monoisotopic (exact) mass is 362 g/mol. The molecule has 0 aliphatic carbocycles. The molecule has 0 aliphatic heterocycles. The van der Waals surface area contributed by atoms with E-state index in [1.807, 2.05) is 0 Å². The van der Waals surface area contributed by atoms with Crippen LogP contribution in [0.15, 0.2) is 54.6 Å². The predicted molar refractivity (Wildman–Crippen MR) is 91.2 cm³/mol. The summed E-state index contributed by atoms with van der Waals surface area (Å²) in [6.45, 7) is 1.70. The van der Waals surface area contributed by atoms with Gasteiger partial charge in [-0.05, 0) is 37.3 Å². The first-order valence-electron chi connectivity index (χ1n) is 7.63. The van der Waals surface area contributed by atoms with Crippen LogP contribution in [-0.4, -0.2) is 9.97 Å². The van der Waals surface area contributed by atoms with Crippen molar-refractivity contribution in [3.63, 3.8) is 0 Å². The van der Waals surface area contributed by atoms with Gasteiger partial charge in [-0.3, -0.25) is 0 Å². The van der Waals surface area contributed by atoms with Gasteiger partial charge in [0.25, 0.3) is 0 Å². The molecule has 0 fully saturated rings. The number of nitrogens with one attached hydrogen (secondary N) is 2. The molecule has 3 aromatic rings. The van der Waals surface area contributed by atoms with Crippen molar-refractivity contribution in [3.8, 4) is 0 Å². The third-order valence-corrected chi connectivity index (χ3v) is 3.44. The van der Waals surface area contributed by atoms with Crippen LogP contribution in [0.1, 0.15) is 11.3 Å². The third kappa shape index (κ3) is 4.27. The molecule has 3 rings (SSSR count). The minimum Gasteiger partial charge on any atom is -0.338 e. The van der Waals surface area contributed by atoms with Crippen molar-refractivity contribution in [3.05, 3.63) is 71.7 Å². The molecular formula is C18H14F4N4. The van der Waals surface area contributed by atoms with Crippen molar-refractivity contribution in [2.45, 2.75) is 13.1 Å². The van der Waals surface area contributed by atoms with Crippen LogP contribution in [0.5, 0.6) is 0 Å². The van der Waals surface area contributed by atoms with Gasteiger partial charge in [0.1, 0.15) is 11.6 Å². The Kier molecular flexibility index (Phi) is 4.75. The molecule has 2 aromatic carbocycles. The number of aryl methyl sites for hydroxylation is 1. The van der Waals surface area contributed by atoms with Crippen LogP contribution >= 0.6 is 0 Å². The summed E-state index contributed by atoms with van der Waals surface area (Å²) < 4.78 is 52.2. The molecule has 0 aliphatic rings. The number of aromatic nitrogens is 2.